The van der Waals surface area contributed by atoms with E-state index in [4.69, 9.17) is 26.8 Å². The highest BCUT2D eigenvalue weighted by molar-refractivity contribution is 6.32. The van der Waals surface area contributed by atoms with E-state index in [9.17, 15) is 10.1 Å². The number of nitrogen functional groups attached to an aromatic ring is 1. The highest BCUT2D eigenvalue weighted by Crippen LogP contribution is 2.44. The van der Waals surface area contributed by atoms with Gasteiger partial charge in [-0.3, -0.25) is 4.79 Å². The SMILES string of the molecule is CCOc1c(C(C)n2nc(C)c3c(N)ncnc32)cc(Cl)c(C#N)c1C(CC(C)C)OC(C)=O. The zero-order chi connectivity index (χ0) is 25.2. The first-order chi connectivity index (χ1) is 16.1. The molecule has 2 atom stereocenters. The van der Waals surface area contributed by atoms with Gasteiger partial charge in [-0.15, -0.1) is 0 Å². The van der Waals surface area contributed by atoms with Crippen LogP contribution in [0.5, 0.6) is 5.75 Å². The van der Waals surface area contributed by atoms with Gasteiger partial charge in [-0.25, -0.2) is 14.6 Å². The maximum atomic E-state index is 12.0. The predicted molar refractivity (Wildman–Crippen MR) is 130 cm³/mol. The number of hydrogen-bond donors (Lipinski definition) is 1. The molecule has 2 heterocycles. The third-order valence-corrected chi connectivity index (χ3v) is 5.82. The number of carbonyl (C=O) groups excluding carboxylic acids is 1. The smallest absolute Gasteiger partial charge is 0.303 e. The number of fused-ring (bicyclic) bond motifs is 1. The molecule has 2 unspecified atom stereocenters. The van der Waals surface area contributed by atoms with Crippen LogP contribution in [0.25, 0.3) is 11.0 Å². The second kappa shape index (κ2) is 10.3. The molecule has 0 spiro atoms. The molecule has 0 aliphatic heterocycles. The number of esters is 1. The largest absolute Gasteiger partial charge is 0.493 e. The molecule has 0 amide bonds. The molecule has 1 aromatic carbocycles. The molecule has 2 aromatic heterocycles. The van der Waals surface area contributed by atoms with Crippen molar-refractivity contribution in [1.29, 1.82) is 5.26 Å². The van der Waals surface area contributed by atoms with Gasteiger partial charge in [0.1, 0.15) is 30.1 Å². The van der Waals surface area contributed by atoms with Crippen molar-refractivity contribution in [2.45, 2.75) is 60.1 Å². The van der Waals surface area contributed by atoms with Gasteiger partial charge in [0.25, 0.3) is 0 Å². The molecule has 3 rings (SSSR count). The number of ether oxygens (including phenoxy) is 2. The summed E-state index contributed by atoms with van der Waals surface area (Å²) >= 11 is 6.61. The van der Waals surface area contributed by atoms with Crippen LogP contribution in [-0.2, 0) is 9.53 Å². The van der Waals surface area contributed by atoms with Gasteiger partial charge in [0.2, 0.25) is 0 Å². The Kier molecular flexibility index (Phi) is 7.62. The third-order valence-electron chi connectivity index (χ3n) is 5.52. The molecule has 0 saturated carbocycles. The molecule has 0 saturated heterocycles. The molecule has 3 aromatic rings. The number of nitrogens with zero attached hydrogens (tertiary/aromatic N) is 5. The minimum Gasteiger partial charge on any atom is -0.493 e. The second-order valence-corrected chi connectivity index (χ2v) is 8.91. The summed E-state index contributed by atoms with van der Waals surface area (Å²) in [5.74, 6) is 0.526. The van der Waals surface area contributed by atoms with Gasteiger partial charge in [-0.1, -0.05) is 25.4 Å². The average Bonchev–Trinajstić information content (AvgIpc) is 3.10. The van der Waals surface area contributed by atoms with Gasteiger partial charge in [-0.05, 0) is 39.2 Å². The number of nitrogens with two attached hydrogens (primary N) is 1. The first-order valence-electron chi connectivity index (χ1n) is 11.1. The van der Waals surface area contributed by atoms with E-state index < -0.39 is 18.1 Å². The van der Waals surface area contributed by atoms with E-state index in [-0.39, 0.29) is 16.5 Å². The molecule has 0 radical (unpaired) electrons. The van der Waals surface area contributed by atoms with E-state index >= 15 is 0 Å². The summed E-state index contributed by atoms with van der Waals surface area (Å²) < 4.78 is 13.5. The Morgan fingerprint density at radius 3 is 2.62 bits per heavy atom. The van der Waals surface area contributed by atoms with Crippen molar-refractivity contribution >= 4 is 34.4 Å². The van der Waals surface area contributed by atoms with Crippen LogP contribution < -0.4 is 10.5 Å². The quantitative estimate of drug-likeness (QED) is 0.447. The first-order valence-corrected chi connectivity index (χ1v) is 11.5. The Labute approximate surface area is 203 Å². The molecule has 0 aliphatic rings. The van der Waals surface area contributed by atoms with Crippen LogP contribution in [0.2, 0.25) is 5.02 Å². The molecule has 0 aliphatic carbocycles. The molecule has 10 heteroatoms. The maximum absolute atomic E-state index is 12.0. The highest BCUT2D eigenvalue weighted by atomic mass is 35.5. The van der Waals surface area contributed by atoms with Crippen LogP contribution >= 0.6 is 11.6 Å². The number of anilines is 1. The van der Waals surface area contributed by atoms with Crippen LogP contribution in [0.4, 0.5) is 5.82 Å². The van der Waals surface area contributed by atoms with Crippen molar-refractivity contribution in [3.8, 4) is 11.8 Å². The second-order valence-electron chi connectivity index (χ2n) is 8.50. The van der Waals surface area contributed by atoms with Crippen molar-refractivity contribution in [2.24, 2.45) is 5.92 Å². The molecular weight excluding hydrogens is 456 g/mol. The van der Waals surface area contributed by atoms with E-state index in [1.807, 2.05) is 34.6 Å². The zero-order valence-corrected chi connectivity index (χ0v) is 21.0. The van der Waals surface area contributed by atoms with E-state index in [1.165, 1.54) is 13.3 Å². The molecular formula is C24H29ClN6O3. The van der Waals surface area contributed by atoms with Crippen molar-refractivity contribution in [3.05, 3.63) is 39.8 Å². The summed E-state index contributed by atoms with van der Waals surface area (Å²) in [4.78, 5) is 20.4. The van der Waals surface area contributed by atoms with Gasteiger partial charge in [-0.2, -0.15) is 10.4 Å². The molecule has 0 bridgehead atoms. The summed E-state index contributed by atoms with van der Waals surface area (Å²) in [6.45, 7) is 11.3. The third kappa shape index (κ3) is 4.77. The van der Waals surface area contributed by atoms with Crippen LogP contribution in [0.1, 0.15) is 75.6 Å². The van der Waals surface area contributed by atoms with Crippen LogP contribution in [-0.4, -0.2) is 32.3 Å². The maximum Gasteiger partial charge on any atom is 0.303 e. The Bertz CT molecular complexity index is 1260. The van der Waals surface area contributed by atoms with Crippen LogP contribution in [0, 0.1) is 24.2 Å². The van der Waals surface area contributed by atoms with Crippen LogP contribution in [0.15, 0.2) is 12.4 Å². The van der Waals surface area contributed by atoms with E-state index in [1.54, 1.807) is 10.7 Å². The van der Waals surface area contributed by atoms with Crippen LogP contribution in [0.3, 0.4) is 0 Å². The first kappa shape index (κ1) is 25.2. The fourth-order valence-electron chi connectivity index (χ4n) is 4.13. The fraction of sp³-hybridized carbons (Fsp3) is 0.458. The lowest BCUT2D eigenvalue weighted by Crippen LogP contribution is -2.18. The molecule has 9 nitrogen and oxygen atoms in total. The van der Waals surface area contributed by atoms with Gasteiger partial charge in [0, 0.05) is 12.5 Å². The number of rotatable bonds is 8. The Morgan fingerprint density at radius 1 is 1.32 bits per heavy atom. The standard InChI is InChI=1S/C24H29ClN6O3/c1-7-33-22-16(14(5)31-24-20(13(4)30-31)23(27)28-11-29-24)9-18(25)17(10-26)21(22)19(8-12(2)3)34-15(6)32/h9,11-12,14,19H,7-8H2,1-6H3,(H2,27,28,29). The number of benzene rings is 1. The number of aromatic nitrogens is 4. The fourth-order valence-corrected chi connectivity index (χ4v) is 4.39. The number of nitriles is 1. The Balaban J connectivity index is 2.31. The van der Waals surface area contributed by atoms with Crippen molar-refractivity contribution in [2.75, 3.05) is 12.3 Å². The van der Waals surface area contributed by atoms with E-state index in [0.29, 0.717) is 52.4 Å². The summed E-state index contributed by atoms with van der Waals surface area (Å²) in [5, 5.41) is 15.5. The zero-order valence-electron chi connectivity index (χ0n) is 20.2. The molecule has 2 N–H and O–H groups in total. The summed E-state index contributed by atoms with van der Waals surface area (Å²) in [5.41, 5.74) is 8.70. The Morgan fingerprint density at radius 2 is 2.03 bits per heavy atom. The van der Waals surface area contributed by atoms with Crippen molar-refractivity contribution in [1.82, 2.24) is 19.7 Å². The molecule has 34 heavy (non-hydrogen) atoms. The number of hydrogen-bond acceptors (Lipinski definition) is 8. The molecule has 180 valence electrons. The highest BCUT2D eigenvalue weighted by Gasteiger charge is 2.31. The summed E-state index contributed by atoms with van der Waals surface area (Å²) in [7, 11) is 0. The van der Waals surface area contributed by atoms with Gasteiger partial charge < -0.3 is 15.2 Å². The lowest BCUT2D eigenvalue weighted by atomic mass is 9.91. The van der Waals surface area contributed by atoms with E-state index in [2.05, 4.69) is 21.1 Å². The minimum absolute atomic E-state index is 0.183. The monoisotopic (exact) mass is 484 g/mol. The number of aryl methyl sites for hydroxylation is 1. The van der Waals surface area contributed by atoms with Gasteiger partial charge in [0.05, 0.1) is 39.9 Å². The molecule has 0 fully saturated rings. The van der Waals surface area contributed by atoms with Crippen molar-refractivity contribution in [3.63, 3.8) is 0 Å². The lowest BCUT2D eigenvalue weighted by Gasteiger charge is -2.27. The topological polar surface area (TPSA) is 129 Å². The summed E-state index contributed by atoms with van der Waals surface area (Å²) in [6, 6.07) is 3.48. The normalized spacial score (nSPS) is 13.0. The average molecular weight is 485 g/mol. The van der Waals surface area contributed by atoms with Gasteiger partial charge in [0.15, 0.2) is 5.65 Å². The number of halogens is 1. The van der Waals surface area contributed by atoms with Gasteiger partial charge >= 0.3 is 5.97 Å². The predicted octanol–water partition coefficient (Wildman–Crippen LogP) is 4.90. The number of carbonyl (C=O) groups is 1. The lowest BCUT2D eigenvalue weighted by molar-refractivity contribution is -0.147. The Hall–Kier alpha value is -3.38. The van der Waals surface area contributed by atoms with Crippen molar-refractivity contribution < 1.29 is 14.3 Å². The minimum atomic E-state index is -0.701. The summed E-state index contributed by atoms with van der Waals surface area (Å²) in [6.07, 6.45) is 1.19. The van der Waals surface area contributed by atoms with E-state index in [0.717, 1.165) is 0 Å².